The average Bonchev–Trinajstić information content (AvgIpc) is 3.39. The van der Waals surface area contributed by atoms with Crippen LogP contribution in [0.5, 0.6) is 5.75 Å². The Morgan fingerprint density at radius 1 is 1.26 bits per heavy atom. The summed E-state index contributed by atoms with van der Waals surface area (Å²) in [5.74, 6) is 0.611. The number of para-hydroxylation sites is 1. The molecule has 9 heteroatoms. The SMILES string of the molecule is Cc1ccccc1OCC(=O)N(CCCn1ccnc1)c1nc2ccc(Br)cc2s1.Cl. The summed E-state index contributed by atoms with van der Waals surface area (Å²) < 4.78 is 9.84. The van der Waals surface area contributed by atoms with Crippen LogP contribution in [0.2, 0.25) is 0 Å². The highest BCUT2D eigenvalue weighted by Crippen LogP contribution is 2.31. The van der Waals surface area contributed by atoms with Gasteiger partial charge in [0, 0.05) is 30.0 Å². The molecule has 0 atom stereocenters. The second-order valence-corrected chi connectivity index (χ2v) is 8.79. The number of thiazole rings is 1. The van der Waals surface area contributed by atoms with Gasteiger partial charge in [0.25, 0.3) is 5.91 Å². The summed E-state index contributed by atoms with van der Waals surface area (Å²) in [7, 11) is 0. The molecule has 4 aromatic rings. The fraction of sp³-hybridized carbons (Fsp3) is 0.227. The van der Waals surface area contributed by atoms with Crippen molar-refractivity contribution >= 4 is 60.9 Å². The van der Waals surface area contributed by atoms with Gasteiger partial charge in [-0.3, -0.25) is 9.69 Å². The minimum atomic E-state index is -0.109. The van der Waals surface area contributed by atoms with Gasteiger partial charge in [0.15, 0.2) is 11.7 Å². The third-order valence-electron chi connectivity index (χ3n) is 4.67. The van der Waals surface area contributed by atoms with Crippen LogP contribution in [0.1, 0.15) is 12.0 Å². The third-order valence-corrected chi connectivity index (χ3v) is 6.21. The molecule has 0 radical (unpaired) electrons. The molecule has 0 saturated carbocycles. The zero-order chi connectivity index (χ0) is 20.9. The van der Waals surface area contributed by atoms with Gasteiger partial charge in [-0.25, -0.2) is 9.97 Å². The number of amides is 1. The van der Waals surface area contributed by atoms with Crippen LogP contribution in [0.3, 0.4) is 0 Å². The summed E-state index contributed by atoms with van der Waals surface area (Å²) >= 11 is 5.01. The molecule has 0 spiro atoms. The van der Waals surface area contributed by atoms with Crippen molar-refractivity contribution in [2.75, 3.05) is 18.1 Å². The number of carbonyl (C=O) groups excluding carboxylic acids is 1. The Morgan fingerprint density at radius 2 is 2.10 bits per heavy atom. The number of benzene rings is 2. The monoisotopic (exact) mass is 520 g/mol. The lowest BCUT2D eigenvalue weighted by Crippen LogP contribution is -2.36. The largest absolute Gasteiger partial charge is 0.483 e. The molecule has 2 heterocycles. The molecule has 0 bridgehead atoms. The van der Waals surface area contributed by atoms with Crippen LogP contribution in [-0.2, 0) is 11.3 Å². The minimum absolute atomic E-state index is 0. The van der Waals surface area contributed by atoms with Crippen molar-refractivity contribution in [2.24, 2.45) is 0 Å². The van der Waals surface area contributed by atoms with Gasteiger partial charge in [-0.15, -0.1) is 12.4 Å². The number of anilines is 1. The molecule has 162 valence electrons. The number of aryl methyl sites for hydroxylation is 2. The van der Waals surface area contributed by atoms with E-state index in [0.717, 1.165) is 39.0 Å². The van der Waals surface area contributed by atoms with Crippen molar-refractivity contribution in [3.8, 4) is 5.75 Å². The van der Waals surface area contributed by atoms with Gasteiger partial charge in [0.1, 0.15) is 5.75 Å². The van der Waals surface area contributed by atoms with Crippen molar-refractivity contribution in [3.63, 3.8) is 0 Å². The van der Waals surface area contributed by atoms with Crippen molar-refractivity contribution in [1.29, 1.82) is 0 Å². The summed E-state index contributed by atoms with van der Waals surface area (Å²) in [6, 6.07) is 13.6. The van der Waals surface area contributed by atoms with E-state index in [1.165, 1.54) is 11.3 Å². The number of carbonyl (C=O) groups is 1. The van der Waals surface area contributed by atoms with Gasteiger partial charge in [-0.05, 0) is 43.2 Å². The molecule has 6 nitrogen and oxygen atoms in total. The van der Waals surface area contributed by atoms with E-state index >= 15 is 0 Å². The smallest absolute Gasteiger partial charge is 0.266 e. The first-order chi connectivity index (χ1) is 14.6. The third kappa shape index (κ3) is 5.84. The number of imidazole rings is 1. The standard InChI is InChI=1S/C22H21BrN4O2S.ClH/c1-16-5-2-3-6-19(16)29-14-21(28)27(11-4-10-26-12-9-24-15-26)22-25-18-8-7-17(23)13-20(18)30-22;/h2-3,5-9,12-13,15H,4,10-11,14H2,1H3;1H. The molecule has 0 fully saturated rings. The highest BCUT2D eigenvalue weighted by molar-refractivity contribution is 9.10. The molecule has 31 heavy (non-hydrogen) atoms. The molecule has 2 aromatic carbocycles. The van der Waals surface area contributed by atoms with E-state index in [1.54, 1.807) is 17.4 Å². The fourth-order valence-electron chi connectivity index (χ4n) is 3.09. The number of hydrogen-bond donors (Lipinski definition) is 0. The van der Waals surface area contributed by atoms with Gasteiger partial charge >= 0.3 is 0 Å². The number of rotatable bonds is 8. The van der Waals surface area contributed by atoms with Crippen LogP contribution >= 0.6 is 39.7 Å². The number of halogens is 2. The summed E-state index contributed by atoms with van der Waals surface area (Å²) in [5.41, 5.74) is 1.88. The van der Waals surface area contributed by atoms with E-state index in [2.05, 4.69) is 20.9 Å². The maximum Gasteiger partial charge on any atom is 0.266 e. The molecule has 0 aliphatic heterocycles. The quantitative estimate of drug-likeness (QED) is 0.308. The number of ether oxygens (including phenoxy) is 1. The van der Waals surface area contributed by atoms with Crippen molar-refractivity contribution < 1.29 is 9.53 Å². The Bertz CT molecular complexity index is 1150. The zero-order valence-electron chi connectivity index (χ0n) is 16.9. The lowest BCUT2D eigenvalue weighted by Gasteiger charge is -2.20. The lowest BCUT2D eigenvalue weighted by atomic mass is 10.2. The van der Waals surface area contributed by atoms with Crippen molar-refractivity contribution in [2.45, 2.75) is 19.9 Å². The van der Waals surface area contributed by atoms with Crippen LogP contribution in [0.15, 0.2) is 65.7 Å². The molecule has 0 unspecified atom stereocenters. The zero-order valence-corrected chi connectivity index (χ0v) is 20.1. The Morgan fingerprint density at radius 3 is 2.87 bits per heavy atom. The van der Waals surface area contributed by atoms with E-state index in [1.807, 2.05) is 60.2 Å². The second kappa shape index (κ2) is 10.7. The van der Waals surface area contributed by atoms with Gasteiger partial charge < -0.3 is 9.30 Å². The Balaban J connectivity index is 0.00000272. The lowest BCUT2D eigenvalue weighted by molar-refractivity contribution is -0.120. The summed E-state index contributed by atoms with van der Waals surface area (Å²) in [5, 5.41) is 0.687. The maximum absolute atomic E-state index is 13.1. The molecule has 0 aliphatic carbocycles. The Hall–Kier alpha value is -2.42. The first-order valence-electron chi connectivity index (χ1n) is 9.61. The van der Waals surface area contributed by atoms with Gasteiger partial charge in [0.05, 0.1) is 16.5 Å². The molecular weight excluding hydrogens is 500 g/mol. The van der Waals surface area contributed by atoms with E-state index in [0.29, 0.717) is 11.7 Å². The molecule has 2 aromatic heterocycles. The second-order valence-electron chi connectivity index (χ2n) is 6.86. The van der Waals surface area contributed by atoms with E-state index in [-0.39, 0.29) is 24.9 Å². The van der Waals surface area contributed by atoms with Crippen molar-refractivity contribution in [3.05, 3.63) is 71.2 Å². The van der Waals surface area contributed by atoms with Gasteiger partial charge in [-0.2, -0.15) is 0 Å². The minimum Gasteiger partial charge on any atom is -0.483 e. The number of aromatic nitrogens is 3. The summed E-state index contributed by atoms with van der Waals surface area (Å²) in [6.07, 6.45) is 6.24. The van der Waals surface area contributed by atoms with E-state index in [4.69, 9.17) is 9.72 Å². The van der Waals surface area contributed by atoms with Crippen LogP contribution in [0.4, 0.5) is 5.13 Å². The topological polar surface area (TPSA) is 60.2 Å². The van der Waals surface area contributed by atoms with Crippen molar-refractivity contribution in [1.82, 2.24) is 14.5 Å². The van der Waals surface area contributed by atoms with E-state index in [9.17, 15) is 4.79 Å². The van der Waals surface area contributed by atoms with Crippen LogP contribution in [0, 0.1) is 6.92 Å². The summed E-state index contributed by atoms with van der Waals surface area (Å²) in [4.78, 5) is 23.6. The van der Waals surface area contributed by atoms with Crippen LogP contribution in [0.25, 0.3) is 10.2 Å². The van der Waals surface area contributed by atoms with Crippen LogP contribution < -0.4 is 9.64 Å². The fourth-order valence-corrected chi connectivity index (χ4v) is 4.66. The molecule has 0 saturated heterocycles. The first kappa shape index (κ1) is 23.2. The highest BCUT2D eigenvalue weighted by atomic mass is 79.9. The summed E-state index contributed by atoms with van der Waals surface area (Å²) in [6.45, 7) is 3.26. The van der Waals surface area contributed by atoms with E-state index < -0.39 is 0 Å². The molecule has 1 amide bonds. The highest BCUT2D eigenvalue weighted by Gasteiger charge is 2.20. The molecule has 4 rings (SSSR count). The number of fused-ring (bicyclic) bond motifs is 1. The van der Waals surface area contributed by atoms with Gasteiger partial charge in [0.2, 0.25) is 0 Å². The number of hydrogen-bond acceptors (Lipinski definition) is 5. The van der Waals surface area contributed by atoms with Crippen LogP contribution in [-0.4, -0.2) is 33.6 Å². The molecule has 0 aliphatic rings. The first-order valence-corrected chi connectivity index (χ1v) is 11.2. The van der Waals surface area contributed by atoms with Gasteiger partial charge in [-0.1, -0.05) is 45.5 Å². The number of nitrogens with zero attached hydrogens (tertiary/aromatic N) is 4. The predicted molar refractivity (Wildman–Crippen MR) is 130 cm³/mol. The predicted octanol–water partition coefficient (Wildman–Crippen LogP) is 5.49. The maximum atomic E-state index is 13.1. The molecular formula is C22H22BrClN4O2S. The Kier molecular flexibility index (Phi) is 8.06. The average molecular weight is 522 g/mol. The Labute approximate surface area is 199 Å². The molecule has 0 N–H and O–H groups in total. The normalized spacial score (nSPS) is 10.6.